The van der Waals surface area contributed by atoms with Gasteiger partial charge >= 0.3 is 5.97 Å². The monoisotopic (exact) mass is 377 g/mol. The second kappa shape index (κ2) is 8.65. The number of fused-ring (bicyclic) bond motifs is 1. The minimum atomic E-state index is -0.467. The van der Waals surface area contributed by atoms with Crippen molar-refractivity contribution in [2.24, 2.45) is 0 Å². The van der Waals surface area contributed by atoms with E-state index in [0.717, 1.165) is 24.8 Å². The number of carbonyl (C=O) groups is 3. The number of hydrogen-bond donors (Lipinski definition) is 1. The Morgan fingerprint density at radius 1 is 1.11 bits per heavy atom. The minimum Gasteiger partial charge on any atom is -0.461 e. The molecule has 3 rings (SSSR count). The fraction of sp³-hybridized carbons (Fsp3) is 0.261. The van der Waals surface area contributed by atoms with Crippen LogP contribution in [0.5, 0.6) is 0 Å². The number of allylic oxidation sites excluding steroid dienone is 1. The smallest absolute Gasteiger partial charge is 0.310 e. The van der Waals surface area contributed by atoms with Gasteiger partial charge in [0.05, 0.1) is 17.5 Å². The third-order valence-electron chi connectivity index (χ3n) is 4.85. The molecule has 0 bridgehead atoms. The quantitative estimate of drug-likeness (QED) is 0.434. The van der Waals surface area contributed by atoms with Gasteiger partial charge in [0, 0.05) is 0 Å². The summed E-state index contributed by atoms with van der Waals surface area (Å²) in [6, 6.07) is 11.0. The predicted octanol–water partition coefficient (Wildman–Crippen LogP) is 3.54. The van der Waals surface area contributed by atoms with Crippen molar-refractivity contribution in [3.63, 3.8) is 0 Å². The Morgan fingerprint density at radius 2 is 1.93 bits per heavy atom. The second-order valence-electron chi connectivity index (χ2n) is 6.74. The zero-order valence-electron chi connectivity index (χ0n) is 15.9. The Labute approximate surface area is 164 Å². The lowest BCUT2D eigenvalue weighted by molar-refractivity contribution is -0.144. The Kier molecular flexibility index (Phi) is 6.04. The molecule has 0 aromatic heterocycles. The maximum absolute atomic E-state index is 12.3. The van der Waals surface area contributed by atoms with Gasteiger partial charge in [-0.15, -0.1) is 6.58 Å². The first-order chi connectivity index (χ1) is 13.5. The molecule has 0 unspecified atom stereocenters. The van der Waals surface area contributed by atoms with E-state index in [0.29, 0.717) is 11.1 Å². The summed E-state index contributed by atoms with van der Waals surface area (Å²) in [7, 11) is 0. The van der Waals surface area contributed by atoms with Gasteiger partial charge in [-0.2, -0.15) is 0 Å². The Bertz CT molecular complexity index is 946. The Hall–Kier alpha value is -3.21. The molecule has 28 heavy (non-hydrogen) atoms. The molecule has 0 saturated carbocycles. The lowest BCUT2D eigenvalue weighted by Crippen LogP contribution is -2.20. The van der Waals surface area contributed by atoms with Gasteiger partial charge in [-0.05, 0) is 47.6 Å². The maximum Gasteiger partial charge on any atom is 0.310 e. The van der Waals surface area contributed by atoms with Crippen LogP contribution >= 0.6 is 0 Å². The Morgan fingerprint density at radius 3 is 2.68 bits per heavy atom. The van der Waals surface area contributed by atoms with Crippen LogP contribution in [-0.4, -0.2) is 17.8 Å². The predicted molar refractivity (Wildman–Crippen MR) is 106 cm³/mol. The first-order valence-electron chi connectivity index (χ1n) is 9.38. The summed E-state index contributed by atoms with van der Waals surface area (Å²) in [6.45, 7) is 6.04. The summed E-state index contributed by atoms with van der Waals surface area (Å²) < 4.78 is 5.40. The molecule has 2 aromatic rings. The molecule has 1 aliphatic heterocycles. The number of imide groups is 1. The van der Waals surface area contributed by atoms with Crippen molar-refractivity contribution in [3.8, 4) is 0 Å². The average Bonchev–Trinajstić information content (AvgIpc) is 2.99. The van der Waals surface area contributed by atoms with E-state index in [1.807, 2.05) is 12.1 Å². The van der Waals surface area contributed by atoms with Crippen LogP contribution in [-0.2, 0) is 35.4 Å². The van der Waals surface area contributed by atoms with Crippen LogP contribution in [0, 0.1) is 0 Å². The van der Waals surface area contributed by atoms with Crippen molar-refractivity contribution in [1.29, 1.82) is 0 Å². The highest BCUT2D eigenvalue weighted by molar-refractivity contribution is 6.22. The maximum atomic E-state index is 12.3. The van der Waals surface area contributed by atoms with Crippen molar-refractivity contribution in [2.45, 2.75) is 39.2 Å². The highest BCUT2D eigenvalue weighted by atomic mass is 16.5. The molecule has 5 heteroatoms. The van der Waals surface area contributed by atoms with Gasteiger partial charge in [0.1, 0.15) is 6.61 Å². The van der Waals surface area contributed by atoms with Gasteiger partial charge in [-0.3, -0.25) is 19.7 Å². The van der Waals surface area contributed by atoms with Crippen LogP contribution in [0.25, 0.3) is 0 Å². The zero-order valence-corrected chi connectivity index (χ0v) is 15.9. The van der Waals surface area contributed by atoms with Gasteiger partial charge < -0.3 is 4.74 Å². The van der Waals surface area contributed by atoms with Gasteiger partial charge in [-0.25, -0.2) is 0 Å². The number of nitrogens with one attached hydrogen (secondary N) is 1. The number of rotatable bonds is 8. The zero-order chi connectivity index (χ0) is 20.1. The molecule has 0 radical (unpaired) electrons. The summed E-state index contributed by atoms with van der Waals surface area (Å²) >= 11 is 0. The van der Waals surface area contributed by atoms with Gasteiger partial charge in [-0.1, -0.05) is 43.3 Å². The first-order valence-corrected chi connectivity index (χ1v) is 9.38. The molecule has 5 nitrogen and oxygen atoms in total. The summed E-state index contributed by atoms with van der Waals surface area (Å²) in [4.78, 5) is 36.0. The standard InChI is InChI=1S/C23H23NO4/c1-3-5-7-17-11-10-15(12-16(17)4-2)14-28-20(25)13-18-8-6-9-19-21(18)23(27)24-22(19)26/h3,6,8-12H,1,4-5,7,13-14H2,2H3,(H,24,26,27). The molecule has 1 N–H and O–H groups in total. The highest BCUT2D eigenvalue weighted by Gasteiger charge is 2.29. The second-order valence-corrected chi connectivity index (χ2v) is 6.74. The van der Waals surface area contributed by atoms with E-state index in [-0.39, 0.29) is 18.6 Å². The summed E-state index contributed by atoms with van der Waals surface area (Å²) in [5.41, 5.74) is 4.53. The molecule has 0 spiro atoms. The largest absolute Gasteiger partial charge is 0.461 e. The minimum absolute atomic E-state index is 0.0536. The molecule has 0 aliphatic carbocycles. The van der Waals surface area contributed by atoms with Crippen LogP contribution in [0.4, 0.5) is 0 Å². The summed E-state index contributed by atoms with van der Waals surface area (Å²) in [5, 5.41) is 2.25. The van der Waals surface area contributed by atoms with Crippen molar-refractivity contribution in [1.82, 2.24) is 5.32 Å². The molecular formula is C23H23NO4. The normalized spacial score (nSPS) is 12.5. The molecule has 0 fully saturated rings. The highest BCUT2D eigenvalue weighted by Crippen LogP contribution is 2.21. The third-order valence-corrected chi connectivity index (χ3v) is 4.85. The van der Waals surface area contributed by atoms with Crippen molar-refractivity contribution < 1.29 is 19.1 Å². The van der Waals surface area contributed by atoms with Crippen LogP contribution < -0.4 is 5.32 Å². The van der Waals surface area contributed by atoms with Crippen molar-refractivity contribution >= 4 is 17.8 Å². The first kappa shape index (κ1) is 19.5. The molecular weight excluding hydrogens is 354 g/mol. The molecule has 144 valence electrons. The van der Waals surface area contributed by atoms with E-state index in [2.05, 4.69) is 31.0 Å². The number of hydrogen-bond acceptors (Lipinski definition) is 4. The molecule has 2 amide bonds. The number of ether oxygens (including phenoxy) is 1. The number of carbonyl (C=O) groups excluding carboxylic acids is 3. The summed E-state index contributed by atoms with van der Waals surface area (Å²) in [6.07, 6.45) is 4.64. The van der Waals surface area contributed by atoms with Crippen molar-refractivity contribution in [3.05, 3.63) is 82.4 Å². The third kappa shape index (κ3) is 4.19. The van der Waals surface area contributed by atoms with E-state index >= 15 is 0 Å². The lowest BCUT2D eigenvalue weighted by atomic mass is 9.98. The molecule has 0 atom stereocenters. The molecule has 1 heterocycles. The number of esters is 1. The van der Waals surface area contributed by atoms with E-state index < -0.39 is 17.8 Å². The van der Waals surface area contributed by atoms with Gasteiger partial charge in [0.2, 0.25) is 0 Å². The number of benzene rings is 2. The van der Waals surface area contributed by atoms with E-state index in [1.54, 1.807) is 18.2 Å². The van der Waals surface area contributed by atoms with Crippen LogP contribution in [0.2, 0.25) is 0 Å². The van der Waals surface area contributed by atoms with E-state index in [1.165, 1.54) is 11.1 Å². The van der Waals surface area contributed by atoms with Crippen LogP contribution in [0.15, 0.2) is 49.1 Å². The molecule has 0 saturated heterocycles. The van der Waals surface area contributed by atoms with Gasteiger partial charge in [0.25, 0.3) is 11.8 Å². The summed E-state index contributed by atoms with van der Waals surface area (Å²) in [5.74, 6) is -1.33. The topological polar surface area (TPSA) is 72.5 Å². The number of aryl methyl sites for hydroxylation is 2. The van der Waals surface area contributed by atoms with E-state index in [4.69, 9.17) is 4.74 Å². The average molecular weight is 377 g/mol. The molecule has 2 aromatic carbocycles. The van der Waals surface area contributed by atoms with Gasteiger partial charge in [0.15, 0.2) is 0 Å². The fourth-order valence-corrected chi connectivity index (χ4v) is 3.41. The molecule has 1 aliphatic rings. The van der Waals surface area contributed by atoms with E-state index in [9.17, 15) is 14.4 Å². The Balaban J connectivity index is 1.65. The lowest BCUT2D eigenvalue weighted by Gasteiger charge is -2.11. The van der Waals surface area contributed by atoms with Crippen molar-refractivity contribution in [2.75, 3.05) is 0 Å². The number of amides is 2. The van der Waals surface area contributed by atoms with Crippen LogP contribution in [0.3, 0.4) is 0 Å². The SMILES string of the molecule is C=CCCc1ccc(COC(=O)Cc2cccc3c2C(=O)NC3=O)cc1CC. The van der Waals surface area contributed by atoms with Crippen LogP contribution in [0.1, 0.15) is 56.3 Å². The fourth-order valence-electron chi connectivity index (χ4n) is 3.41.